The van der Waals surface area contributed by atoms with Crippen LogP contribution in [-0.2, 0) is 9.53 Å². The third-order valence-corrected chi connectivity index (χ3v) is 3.21. The number of ether oxygens (including phenoxy) is 1. The molecule has 1 N–H and O–H groups in total. The van der Waals surface area contributed by atoms with Crippen molar-refractivity contribution in [1.29, 1.82) is 0 Å². The molecular weight excluding hydrogens is 240 g/mol. The van der Waals surface area contributed by atoms with E-state index in [2.05, 4.69) is 13.5 Å². The predicted octanol–water partition coefficient (Wildman–Crippen LogP) is 4.00. The largest absolute Gasteiger partial charge is 0.462 e. The van der Waals surface area contributed by atoms with Gasteiger partial charge in [0.05, 0.1) is 18.8 Å². The Morgan fingerprint density at radius 1 is 0.947 bits per heavy atom. The maximum atomic E-state index is 11.2. The Hall–Kier alpha value is -0.830. The van der Waals surface area contributed by atoms with Crippen LogP contribution in [0.3, 0.4) is 0 Å². The fraction of sp³-hybridized carbons (Fsp3) is 0.812. The summed E-state index contributed by atoms with van der Waals surface area (Å²) in [6.45, 7) is 5.77. The lowest BCUT2D eigenvalue weighted by atomic mass is 10.1. The number of hydrogen-bond donors (Lipinski definition) is 1. The van der Waals surface area contributed by atoms with Crippen molar-refractivity contribution in [1.82, 2.24) is 0 Å². The van der Waals surface area contributed by atoms with Gasteiger partial charge in [-0.15, -0.1) is 0 Å². The molecule has 0 spiro atoms. The van der Waals surface area contributed by atoms with Gasteiger partial charge in [0.2, 0.25) is 0 Å². The van der Waals surface area contributed by atoms with Gasteiger partial charge in [0.15, 0.2) is 0 Å². The molecule has 0 rings (SSSR count). The van der Waals surface area contributed by atoms with Gasteiger partial charge in [-0.1, -0.05) is 71.3 Å². The fourth-order valence-electron chi connectivity index (χ4n) is 1.92. The maximum absolute atomic E-state index is 11.2. The van der Waals surface area contributed by atoms with Gasteiger partial charge in [-0.25, -0.2) is 4.79 Å². The molecule has 3 nitrogen and oxygen atoms in total. The van der Waals surface area contributed by atoms with Gasteiger partial charge in [-0.2, -0.15) is 0 Å². The molecule has 0 aliphatic heterocycles. The zero-order valence-corrected chi connectivity index (χ0v) is 12.5. The lowest BCUT2D eigenvalue weighted by Gasteiger charge is -2.05. The van der Waals surface area contributed by atoms with Gasteiger partial charge >= 0.3 is 5.97 Å². The molecule has 0 saturated heterocycles. The lowest BCUT2D eigenvalue weighted by Crippen LogP contribution is -2.10. The maximum Gasteiger partial charge on any atom is 0.335 e. The predicted molar refractivity (Wildman–Crippen MR) is 79.0 cm³/mol. The smallest absolute Gasteiger partial charge is 0.335 e. The fourth-order valence-corrected chi connectivity index (χ4v) is 1.92. The second-order valence-corrected chi connectivity index (χ2v) is 5.08. The molecule has 0 aromatic heterocycles. The lowest BCUT2D eigenvalue weighted by molar-refractivity contribution is -0.139. The van der Waals surface area contributed by atoms with E-state index < -0.39 is 5.97 Å². The van der Waals surface area contributed by atoms with Gasteiger partial charge in [-0.05, 0) is 6.42 Å². The van der Waals surface area contributed by atoms with E-state index in [1.807, 2.05) is 0 Å². The zero-order valence-electron chi connectivity index (χ0n) is 12.5. The summed E-state index contributed by atoms with van der Waals surface area (Å²) in [5, 5.41) is 8.68. The van der Waals surface area contributed by atoms with Crippen molar-refractivity contribution in [2.45, 2.75) is 71.1 Å². The number of aliphatic hydroxyl groups excluding tert-OH is 1. The van der Waals surface area contributed by atoms with E-state index in [4.69, 9.17) is 9.84 Å². The van der Waals surface area contributed by atoms with Crippen molar-refractivity contribution in [2.24, 2.45) is 0 Å². The number of carbonyl (C=O) groups is 1. The van der Waals surface area contributed by atoms with E-state index in [1.165, 1.54) is 51.4 Å². The highest BCUT2D eigenvalue weighted by Gasteiger charge is 2.05. The third-order valence-electron chi connectivity index (χ3n) is 3.21. The normalized spacial score (nSPS) is 10.4. The molecule has 3 heteroatoms. The SMILES string of the molecule is C=C(CO)C(=O)OCCCCCCCCCCCC. The summed E-state index contributed by atoms with van der Waals surface area (Å²) >= 11 is 0. The van der Waals surface area contributed by atoms with Crippen molar-refractivity contribution < 1.29 is 14.6 Å². The first-order chi connectivity index (χ1) is 9.22. The van der Waals surface area contributed by atoms with Gasteiger partial charge < -0.3 is 9.84 Å². The minimum Gasteiger partial charge on any atom is -0.462 e. The molecule has 0 aliphatic rings. The molecule has 0 atom stereocenters. The molecule has 0 radical (unpaired) electrons. The van der Waals surface area contributed by atoms with Crippen LogP contribution in [0.2, 0.25) is 0 Å². The molecule has 0 amide bonds. The summed E-state index contributed by atoms with van der Waals surface area (Å²) in [4.78, 5) is 11.2. The summed E-state index contributed by atoms with van der Waals surface area (Å²) in [6, 6.07) is 0. The van der Waals surface area contributed by atoms with Gasteiger partial charge in [-0.3, -0.25) is 0 Å². The van der Waals surface area contributed by atoms with E-state index >= 15 is 0 Å². The second kappa shape index (κ2) is 13.6. The van der Waals surface area contributed by atoms with Gasteiger partial charge in [0.25, 0.3) is 0 Å². The molecule has 0 fully saturated rings. The Balaban J connectivity index is 3.15. The van der Waals surface area contributed by atoms with E-state index in [0.29, 0.717) is 6.61 Å². The summed E-state index contributed by atoms with van der Waals surface area (Å²) in [7, 11) is 0. The standard InChI is InChI=1S/C16H30O3/c1-3-4-5-6-7-8-9-10-11-12-13-19-16(18)15(2)14-17/h17H,2-14H2,1H3. The molecule has 0 bridgehead atoms. The topological polar surface area (TPSA) is 46.5 Å². The monoisotopic (exact) mass is 270 g/mol. The molecule has 0 aliphatic carbocycles. The Morgan fingerprint density at radius 3 is 1.89 bits per heavy atom. The number of unbranched alkanes of at least 4 members (excludes halogenated alkanes) is 9. The highest BCUT2D eigenvalue weighted by atomic mass is 16.5. The van der Waals surface area contributed by atoms with Crippen LogP contribution in [0.5, 0.6) is 0 Å². The Labute approximate surface area is 118 Å². The van der Waals surface area contributed by atoms with Gasteiger partial charge in [0, 0.05) is 0 Å². The van der Waals surface area contributed by atoms with Crippen LogP contribution >= 0.6 is 0 Å². The Kier molecular flexibility index (Phi) is 13.0. The van der Waals surface area contributed by atoms with Crippen molar-refractivity contribution >= 4 is 5.97 Å². The van der Waals surface area contributed by atoms with Crippen LogP contribution in [0.25, 0.3) is 0 Å². The van der Waals surface area contributed by atoms with Crippen LogP contribution in [-0.4, -0.2) is 24.3 Å². The minimum atomic E-state index is -0.474. The average Bonchev–Trinajstić information content (AvgIpc) is 2.43. The van der Waals surface area contributed by atoms with Crippen molar-refractivity contribution in [3.05, 3.63) is 12.2 Å². The molecule has 0 aromatic carbocycles. The molecule has 0 unspecified atom stereocenters. The van der Waals surface area contributed by atoms with Gasteiger partial charge in [0.1, 0.15) is 0 Å². The van der Waals surface area contributed by atoms with E-state index in [-0.39, 0.29) is 12.2 Å². The minimum absolute atomic E-state index is 0.132. The molecule has 19 heavy (non-hydrogen) atoms. The van der Waals surface area contributed by atoms with Crippen LogP contribution in [0.15, 0.2) is 12.2 Å². The molecule has 112 valence electrons. The first kappa shape index (κ1) is 18.2. The summed E-state index contributed by atoms with van der Waals surface area (Å²) in [5.74, 6) is -0.474. The van der Waals surface area contributed by atoms with E-state index in [1.54, 1.807) is 0 Å². The van der Waals surface area contributed by atoms with Crippen LogP contribution in [0, 0.1) is 0 Å². The third kappa shape index (κ3) is 12.0. The molecule has 0 saturated carbocycles. The van der Waals surface area contributed by atoms with Crippen molar-refractivity contribution in [3.8, 4) is 0 Å². The quantitative estimate of drug-likeness (QED) is 0.312. The van der Waals surface area contributed by atoms with Crippen LogP contribution in [0.4, 0.5) is 0 Å². The average molecular weight is 270 g/mol. The second-order valence-electron chi connectivity index (χ2n) is 5.08. The molecule has 0 aromatic rings. The highest BCUT2D eigenvalue weighted by molar-refractivity contribution is 5.87. The number of aliphatic hydroxyl groups is 1. The van der Waals surface area contributed by atoms with Crippen molar-refractivity contribution in [2.75, 3.05) is 13.2 Å². The summed E-state index contributed by atoms with van der Waals surface area (Å²) < 4.78 is 4.97. The number of hydrogen-bond acceptors (Lipinski definition) is 3. The number of carbonyl (C=O) groups excluding carboxylic acids is 1. The van der Waals surface area contributed by atoms with Crippen molar-refractivity contribution in [3.63, 3.8) is 0 Å². The summed E-state index contributed by atoms with van der Waals surface area (Å²) in [5.41, 5.74) is 0.132. The highest BCUT2D eigenvalue weighted by Crippen LogP contribution is 2.10. The molecule has 0 heterocycles. The van der Waals surface area contributed by atoms with Crippen LogP contribution in [0.1, 0.15) is 71.1 Å². The molecular formula is C16H30O3. The number of esters is 1. The van der Waals surface area contributed by atoms with E-state index in [9.17, 15) is 4.79 Å². The summed E-state index contributed by atoms with van der Waals surface area (Å²) in [6.07, 6.45) is 12.6. The Bertz CT molecular complexity index is 236. The Morgan fingerprint density at radius 2 is 1.42 bits per heavy atom. The van der Waals surface area contributed by atoms with E-state index in [0.717, 1.165) is 12.8 Å². The first-order valence-electron chi connectivity index (χ1n) is 7.68. The zero-order chi connectivity index (χ0) is 14.3. The number of rotatable bonds is 13. The first-order valence-corrected chi connectivity index (χ1v) is 7.68. The van der Waals surface area contributed by atoms with Crippen LogP contribution < -0.4 is 0 Å².